The third-order valence-corrected chi connectivity index (χ3v) is 6.60. The summed E-state index contributed by atoms with van der Waals surface area (Å²) in [4.78, 5) is 52.7. The largest absolute Gasteiger partial charge is 0.507 e. The van der Waals surface area contributed by atoms with E-state index in [4.69, 9.17) is 17.3 Å². The van der Waals surface area contributed by atoms with Crippen LogP contribution in [0.4, 0.5) is 0 Å². The average molecular weight is 447 g/mol. The van der Waals surface area contributed by atoms with Crippen molar-refractivity contribution >= 4 is 45.6 Å². The minimum atomic E-state index is -2.76. The Morgan fingerprint density at radius 1 is 1.23 bits per heavy atom. The van der Waals surface area contributed by atoms with Gasteiger partial charge in [0.25, 0.3) is 0 Å². The third kappa shape index (κ3) is 2.63. The van der Waals surface area contributed by atoms with Gasteiger partial charge in [-0.25, -0.2) is 0 Å². The highest BCUT2D eigenvalue weighted by Crippen LogP contribution is 2.49. The highest BCUT2D eigenvalue weighted by molar-refractivity contribution is 6.37. The lowest BCUT2D eigenvalue weighted by Gasteiger charge is -2.48. The smallest absolute Gasteiger partial charge is 0.235 e. The predicted molar refractivity (Wildman–Crippen MR) is 109 cm³/mol. The Bertz CT molecular complexity index is 1210. The van der Waals surface area contributed by atoms with Gasteiger partial charge >= 0.3 is 0 Å². The number of hydrogen-bond donors (Lipinski definition) is 4. The molecule has 2 aromatic rings. The zero-order valence-corrected chi connectivity index (χ0v) is 17.3. The number of benzene rings is 2. The van der Waals surface area contributed by atoms with Crippen molar-refractivity contribution in [3.63, 3.8) is 0 Å². The lowest BCUT2D eigenvalue weighted by molar-refractivity contribution is -0.162. The molecule has 2 aliphatic rings. The number of hydrogen-bond acceptors (Lipinski definition) is 8. The van der Waals surface area contributed by atoms with Crippen LogP contribution in [0.2, 0.25) is 5.02 Å². The topological polar surface area (TPSA) is 158 Å². The minimum Gasteiger partial charge on any atom is -0.507 e. The summed E-state index contributed by atoms with van der Waals surface area (Å²) in [6, 6.07) is 2.97. The number of halogens is 1. The standard InChI is InChI=1S/C21H19ClN2O7/c1-24(2)15-9-6-7-5-8-10(22)3-4-11(25)13(8)16(26)12(7)18(28)21(9,31)19(29)14(17(15)27)20(23)30/h3-5,9,14-15,25-26,31H,6H2,1-2H3,(H2,23,30)/t9-,14?,15-,21-/m0/s1. The number of aromatic hydroxyl groups is 2. The molecule has 162 valence electrons. The molecule has 0 saturated heterocycles. The summed E-state index contributed by atoms with van der Waals surface area (Å²) in [5.41, 5.74) is 2.38. The number of amides is 1. The summed E-state index contributed by atoms with van der Waals surface area (Å²) in [6.45, 7) is 0. The van der Waals surface area contributed by atoms with Gasteiger partial charge in [-0.1, -0.05) is 11.6 Å². The molecule has 2 aromatic carbocycles. The number of rotatable bonds is 2. The van der Waals surface area contributed by atoms with Gasteiger partial charge in [-0.15, -0.1) is 0 Å². The van der Waals surface area contributed by atoms with Gasteiger partial charge in [0.05, 0.1) is 17.0 Å². The number of carbonyl (C=O) groups excluding carboxylic acids is 4. The summed E-state index contributed by atoms with van der Waals surface area (Å²) in [6.07, 6.45) is -0.140. The molecule has 0 heterocycles. The molecular weight excluding hydrogens is 428 g/mol. The Morgan fingerprint density at radius 2 is 1.87 bits per heavy atom. The summed E-state index contributed by atoms with van der Waals surface area (Å²) < 4.78 is 0. The van der Waals surface area contributed by atoms with Crippen LogP contribution in [0.1, 0.15) is 15.9 Å². The van der Waals surface area contributed by atoms with E-state index in [9.17, 15) is 34.5 Å². The number of phenols is 2. The fourth-order valence-corrected chi connectivity index (χ4v) is 5.10. The zero-order valence-electron chi connectivity index (χ0n) is 16.5. The molecule has 0 radical (unpaired) electrons. The van der Waals surface area contributed by atoms with Gasteiger partial charge in [-0.05, 0) is 44.3 Å². The zero-order chi connectivity index (χ0) is 23.0. The quantitative estimate of drug-likeness (QED) is 0.475. The predicted octanol–water partition coefficient (Wildman–Crippen LogP) is 0.174. The number of Topliss-reactive ketones (excluding diaryl/α,β-unsaturated/α-hetero) is 3. The molecule has 9 nitrogen and oxygen atoms in total. The molecule has 4 atom stereocenters. The lowest BCUT2D eigenvalue weighted by Crippen LogP contribution is -2.71. The molecule has 0 spiro atoms. The van der Waals surface area contributed by atoms with Gasteiger partial charge in [0.15, 0.2) is 23.1 Å². The maximum absolute atomic E-state index is 13.5. The van der Waals surface area contributed by atoms with Crippen molar-refractivity contribution in [2.24, 2.45) is 17.6 Å². The molecule has 31 heavy (non-hydrogen) atoms. The number of carbonyl (C=O) groups is 4. The number of nitrogens with two attached hydrogens (primary N) is 1. The van der Waals surface area contributed by atoms with E-state index in [1.807, 2.05) is 0 Å². The number of likely N-dealkylation sites (N-methyl/N-ethyl adjacent to an activating group) is 1. The first kappa shape index (κ1) is 21.2. The second-order valence-electron chi connectivity index (χ2n) is 8.16. The maximum Gasteiger partial charge on any atom is 0.235 e. The Morgan fingerprint density at radius 3 is 2.45 bits per heavy atom. The van der Waals surface area contributed by atoms with Crippen LogP contribution in [0, 0.1) is 11.8 Å². The van der Waals surface area contributed by atoms with Crippen LogP contribution in [0.5, 0.6) is 11.5 Å². The number of phenolic OH excluding ortho intramolecular Hbond substituents is 2. The molecule has 1 amide bonds. The van der Waals surface area contributed by atoms with Gasteiger partial charge in [-0.2, -0.15) is 0 Å². The first-order valence-electron chi connectivity index (χ1n) is 9.39. The van der Waals surface area contributed by atoms with E-state index in [2.05, 4.69) is 0 Å². The Labute approximate surface area is 181 Å². The fraction of sp³-hybridized carbons (Fsp3) is 0.333. The van der Waals surface area contributed by atoms with Crippen LogP contribution in [-0.4, -0.2) is 69.2 Å². The third-order valence-electron chi connectivity index (χ3n) is 6.27. The van der Waals surface area contributed by atoms with Crippen molar-refractivity contribution in [1.82, 2.24) is 4.90 Å². The van der Waals surface area contributed by atoms with Gasteiger partial charge in [0, 0.05) is 16.3 Å². The maximum atomic E-state index is 13.5. The highest BCUT2D eigenvalue weighted by atomic mass is 35.5. The van der Waals surface area contributed by atoms with E-state index in [0.717, 1.165) is 0 Å². The molecular formula is C21H19ClN2O7. The molecule has 0 aliphatic heterocycles. The second kappa shape index (κ2) is 6.74. The van der Waals surface area contributed by atoms with Crippen molar-refractivity contribution in [2.75, 3.05) is 14.1 Å². The van der Waals surface area contributed by atoms with E-state index >= 15 is 0 Å². The Kier molecular flexibility index (Phi) is 4.62. The Hall–Kier alpha value is -3.01. The molecule has 2 aliphatic carbocycles. The molecule has 5 N–H and O–H groups in total. The van der Waals surface area contributed by atoms with Crippen molar-refractivity contribution < 1.29 is 34.5 Å². The number of primary amides is 1. The second-order valence-corrected chi connectivity index (χ2v) is 8.57. The highest BCUT2D eigenvalue weighted by Gasteiger charge is 2.66. The van der Waals surface area contributed by atoms with Crippen LogP contribution in [-0.2, 0) is 20.8 Å². The Balaban J connectivity index is 2.04. The van der Waals surface area contributed by atoms with Crippen molar-refractivity contribution in [3.05, 3.63) is 34.3 Å². The SMILES string of the molecule is CN(C)[C@@H]1C(=O)C(C(N)=O)C(=O)[C@@]2(O)C(=O)c3c(cc4c(Cl)ccc(O)c4c3O)C[C@@H]12. The van der Waals surface area contributed by atoms with Crippen LogP contribution >= 0.6 is 11.6 Å². The minimum absolute atomic E-state index is 0.114. The molecule has 1 saturated carbocycles. The van der Waals surface area contributed by atoms with Gasteiger partial charge in [0.2, 0.25) is 11.7 Å². The molecule has 4 rings (SSSR count). The van der Waals surface area contributed by atoms with Crippen LogP contribution in [0.15, 0.2) is 18.2 Å². The van der Waals surface area contributed by atoms with E-state index in [1.165, 1.54) is 37.2 Å². The van der Waals surface area contributed by atoms with Crippen LogP contribution in [0.3, 0.4) is 0 Å². The summed E-state index contributed by atoms with van der Waals surface area (Å²) in [7, 11) is 3.03. The molecule has 1 unspecified atom stereocenters. The first-order valence-corrected chi connectivity index (χ1v) is 9.77. The van der Waals surface area contributed by atoms with E-state index < -0.39 is 52.5 Å². The normalized spacial score (nSPS) is 28.0. The van der Waals surface area contributed by atoms with Crippen LogP contribution in [0.25, 0.3) is 10.8 Å². The van der Waals surface area contributed by atoms with Gasteiger partial charge in [-0.3, -0.25) is 24.1 Å². The molecule has 0 bridgehead atoms. The fourth-order valence-electron chi connectivity index (χ4n) is 4.89. The van der Waals surface area contributed by atoms with Crippen molar-refractivity contribution in [3.8, 4) is 11.5 Å². The lowest BCUT2D eigenvalue weighted by atomic mass is 9.58. The van der Waals surface area contributed by atoms with E-state index in [-0.39, 0.29) is 39.1 Å². The number of ketones is 3. The number of fused-ring (bicyclic) bond motifs is 3. The molecule has 0 aromatic heterocycles. The summed E-state index contributed by atoms with van der Waals surface area (Å²) in [5, 5.41) is 32.8. The molecule has 10 heteroatoms. The number of nitrogens with zero attached hydrogens (tertiary/aromatic N) is 1. The van der Waals surface area contributed by atoms with Crippen LogP contribution < -0.4 is 5.73 Å². The van der Waals surface area contributed by atoms with E-state index in [1.54, 1.807) is 0 Å². The number of aliphatic hydroxyl groups is 1. The van der Waals surface area contributed by atoms with Crippen molar-refractivity contribution in [2.45, 2.75) is 18.1 Å². The monoisotopic (exact) mass is 446 g/mol. The molecule has 1 fully saturated rings. The van der Waals surface area contributed by atoms with Crippen molar-refractivity contribution in [1.29, 1.82) is 0 Å². The first-order chi connectivity index (χ1) is 14.4. The van der Waals surface area contributed by atoms with Gasteiger partial charge in [0.1, 0.15) is 11.5 Å². The summed E-state index contributed by atoms with van der Waals surface area (Å²) >= 11 is 6.20. The van der Waals surface area contributed by atoms with E-state index in [0.29, 0.717) is 0 Å². The summed E-state index contributed by atoms with van der Waals surface area (Å²) in [5.74, 6) is -8.74. The average Bonchev–Trinajstić information content (AvgIpc) is 2.67. The van der Waals surface area contributed by atoms with Gasteiger partial charge < -0.3 is 21.1 Å².